The van der Waals surface area contributed by atoms with Crippen molar-refractivity contribution in [1.29, 1.82) is 10.5 Å². The summed E-state index contributed by atoms with van der Waals surface area (Å²) in [5.41, 5.74) is 5.94. The molecule has 0 atom stereocenters. The molecule has 0 bridgehead atoms. The quantitative estimate of drug-likeness (QED) is 0.828. The molecule has 0 unspecified atom stereocenters. The summed E-state index contributed by atoms with van der Waals surface area (Å²) in [4.78, 5) is 11.9. The van der Waals surface area contributed by atoms with Crippen LogP contribution < -0.4 is 10.5 Å². The Kier molecular flexibility index (Phi) is 3.87. The van der Waals surface area contributed by atoms with Crippen molar-refractivity contribution in [3.05, 3.63) is 35.4 Å². The number of methoxy groups -OCH3 is 1. The minimum atomic E-state index is -0.388. The molecule has 0 aliphatic carbocycles. The van der Waals surface area contributed by atoms with Crippen molar-refractivity contribution in [1.82, 2.24) is 5.01 Å². The maximum absolute atomic E-state index is 11.9. The lowest BCUT2D eigenvalue weighted by atomic mass is 10.1. The first-order chi connectivity index (χ1) is 10.1. The predicted octanol–water partition coefficient (Wildman–Crippen LogP) is 0.958. The average Bonchev–Trinajstić information content (AvgIpc) is 2.83. The SMILES string of the molecule is COc1ccc(C(=C(C#N)C#N)N2N=C(N)CC2=O)cc1. The number of nitriles is 2. The number of benzene rings is 1. The molecule has 0 saturated heterocycles. The normalized spacial score (nSPS) is 13.2. The maximum atomic E-state index is 11.9. The second-order valence-corrected chi connectivity index (χ2v) is 4.15. The van der Waals surface area contributed by atoms with E-state index in [2.05, 4.69) is 5.10 Å². The molecule has 0 fully saturated rings. The summed E-state index contributed by atoms with van der Waals surface area (Å²) in [5.74, 6) is 0.367. The average molecular weight is 281 g/mol. The minimum absolute atomic E-state index is 0.0379. The first-order valence-electron chi connectivity index (χ1n) is 5.95. The number of hydrogen-bond donors (Lipinski definition) is 1. The van der Waals surface area contributed by atoms with Gasteiger partial charge >= 0.3 is 0 Å². The molecular weight excluding hydrogens is 270 g/mol. The van der Waals surface area contributed by atoms with Crippen molar-refractivity contribution < 1.29 is 9.53 Å². The Morgan fingerprint density at radius 1 is 1.33 bits per heavy atom. The van der Waals surface area contributed by atoms with Crippen LogP contribution in [0.25, 0.3) is 5.70 Å². The third-order valence-electron chi connectivity index (χ3n) is 2.83. The third kappa shape index (κ3) is 2.67. The number of nitrogens with zero attached hydrogens (tertiary/aromatic N) is 4. The lowest BCUT2D eigenvalue weighted by Crippen LogP contribution is -2.20. The van der Waals surface area contributed by atoms with Crippen molar-refractivity contribution in [2.75, 3.05) is 7.11 Å². The van der Waals surface area contributed by atoms with Crippen LogP contribution in [0.1, 0.15) is 12.0 Å². The van der Waals surface area contributed by atoms with E-state index in [9.17, 15) is 4.79 Å². The van der Waals surface area contributed by atoms with Crippen molar-refractivity contribution >= 4 is 17.4 Å². The Bertz CT molecular complexity index is 703. The number of nitrogens with two attached hydrogens (primary N) is 1. The van der Waals surface area contributed by atoms with E-state index in [4.69, 9.17) is 21.0 Å². The van der Waals surface area contributed by atoms with Gasteiger partial charge in [0.05, 0.1) is 13.5 Å². The zero-order valence-electron chi connectivity index (χ0n) is 11.2. The molecule has 104 valence electrons. The molecule has 1 aliphatic heterocycles. The fourth-order valence-electron chi connectivity index (χ4n) is 1.88. The van der Waals surface area contributed by atoms with Gasteiger partial charge in [-0.2, -0.15) is 20.6 Å². The first kappa shape index (κ1) is 14.1. The van der Waals surface area contributed by atoms with E-state index in [0.29, 0.717) is 11.3 Å². The van der Waals surface area contributed by atoms with Gasteiger partial charge in [-0.15, -0.1) is 0 Å². The van der Waals surface area contributed by atoms with Crippen LogP contribution in [0.2, 0.25) is 0 Å². The van der Waals surface area contributed by atoms with Crippen molar-refractivity contribution in [3.8, 4) is 17.9 Å². The lowest BCUT2D eigenvalue weighted by Gasteiger charge is -2.16. The lowest BCUT2D eigenvalue weighted by molar-refractivity contribution is -0.125. The van der Waals surface area contributed by atoms with Crippen molar-refractivity contribution in [2.24, 2.45) is 10.8 Å². The number of amidine groups is 1. The van der Waals surface area contributed by atoms with E-state index in [1.54, 1.807) is 36.4 Å². The molecule has 2 N–H and O–H groups in total. The standard InChI is InChI=1S/C14H11N5O2/c1-21-11-4-2-9(3-5-11)14(10(7-15)8-16)19-13(20)6-12(17)18-19/h2-5H,6H2,1H3,(H2,17,18). The maximum Gasteiger partial charge on any atom is 0.255 e. The van der Waals surface area contributed by atoms with Crippen molar-refractivity contribution in [2.45, 2.75) is 6.42 Å². The van der Waals surface area contributed by atoms with Crippen LogP contribution in [0.3, 0.4) is 0 Å². The Hall–Kier alpha value is -3.32. The smallest absolute Gasteiger partial charge is 0.255 e. The zero-order valence-corrected chi connectivity index (χ0v) is 11.2. The Labute approximate surface area is 121 Å². The molecule has 21 heavy (non-hydrogen) atoms. The Balaban J connectivity index is 2.58. The highest BCUT2D eigenvalue weighted by Gasteiger charge is 2.28. The second-order valence-electron chi connectivity index (χ2n) is 4.15. The van der Waals surface area contributed by atoms with Crippen LogP contribution in [0.15, 0.2) is 34.9 Å². The number of ether oxygens (including phenoxy) is 1. The number of rotatable bonds is 3. The zero-order chi connectivity index (χ0) is 15.4. The van der Waals surface area contributed by atoms with Crippen LogP contribution >= 0.6 is 0 Å². The van der Waals surface area contributed by atoms with E-state index in [1.165, 1.54) is 7.11 Å². The van der Waals surface area contributed by atoms with Crippen LogP contribution in [0, 0.1) is 22.7 Å². The molecule has 2 rings (SSSR count). The largest absolute Gasteiger partial charge is 0.497 e. The van der Waals surface area contributed by atoms with Gasteiger partial charge in [0.2, 0.25) is 0 Å². The van der Waals surface area contributed by atoms with Gasteiger partial charge in [0, 0.05) is 5.56 Å². The van der Waals surface area contributed by atoms with Crippen LogP contribution in [0.5, 0.6) is 5.75 Å². The van der Waals surface area contributed by atoms with E-state index in [0.717, 1.165) is 5.01 Å². The number of amides is 1. The predicted molar refractivity (Wildman–Crippen MR) is 74.2 cm³/mol. The van der Waals surface area contributed by atoms with Gasteiger partial charge in [0.1, 0.15) is 29.4 Å². The van der Waals surface area contributed by atoms with E-state index >= 15 is 0 Å². The van der Waals surface area contributed by atoms with E-state index < -0.39 is 0 Å². The minimum Gasteiger partial charge on any atom is -0.497 e. The summed E-state index contributed by atoms with van der Waals surface area (Å²) in [5, 5.41) is 23.1. The molecule has 0 spiro atoms. The number of carbonyl (C=O) groups is 1. The number of hydrogen-bond acceptors (Lipinski definition) is 6. The van der Waals surface area contributed by atoms with E-state index in [-0.39, 0.29) is 29.4 Å². The van der Waals surface area contributed by atoms with Crippen LogP contribution in [0.4, 0.5) is 0 Å². The Morgan fingerprint density at radius 3 is 2.38 bits per heavy atom. The van der Waals surface area contributed by atoms with Gasteiger partial charge in [-0.25, -0.2) is 0 Å². The first-order valence-corrected chi connectivity index (χ1v) is 5.95. The van der Waals surface area contributed by atoms with Gasteiger partial charge < -0.3 is 10.5 Å². The highest BCUT2D eigenvalue weighted by Crippen LogP contribution is 2.28. The second kappa shape index (κ2) is 5.76. The summed E-state index contributed by atoms with van der Waals surface area (Å²) >= 11 is 0. The number of carbonyl (C=O) groups excluding carboxylic acids is 1. The van der Waals surface area contributed by atoms with Gasteiger partial charge in [-0.05, 0) is 24.3 Å². The summed E-state index contributed by atoms with van der Waals surface area (Å²) in [6.45, 7) is 0. The molecular formula is C14H11N5O2. The molecule has 7 nitrogen and oxygen atoms in total. The van der Waals surface area contributed by atoms with Crippen molar-refractivity contribution in [3.63, 3.8) is 0 Å². The molecule has 7 heteroatoms. The molecule has 0 radical (unpaired) electrons. The van der Waals surface area contributed by atoms with Crippen LogP contribution in [-0.4, -0.2) is 23.9 Å². The summed E-state index contributed by atoms with van der Waals surface area (Å²) < 4.78 is 5.05. The van der Waals surface area contributed by atoms with Gasteiger partial charge in [0.25, 0.3) is 5.91 Å². The summed E-state index contributed by atoms with van der Waals surface area (Å²) in [7, 11) is 1.52. The van der Waals surface area contributed by atoms with Gasteiger partial charge in [-0.1, -0.05) is 0 Å². The van der Waals surface area contributed by atoms with E-state index in [1.807, 2.05) is 0 Å². The summed E-state index contributed by atoms with van der Waals surface area (Å²) in [6, 6.07) is 10.2. The molecule has 1 aliphatic rings. The molecule has 1 aromatic rings. The number of hydrazone groups is 1. The molecule has 1 aromatic carbocycles. The molecule has 0 saturated carbocycles. The number of allylic oxidation sites excluding steroid dienone is 1. The van der Waals surface area contributed by atoms with Crippen LogP contribution in [-0.2, 0) is 4.79 Å². The van der Waals surface area contributed by atoms with Gasteiger partial charge in [0.15, 0.2) is 5.57 Å². The summed E-state index contributed by atoms with van der Waals surface area (Å²) in [6.07, 6.45) is -0.0379. The Morgan fingerprint density at radius 2 is 1.95 bits per heavy atom. The fourth-order valence-corrected chi connectivity index (χ4v) is 1.88. The third-order valence-corrected chi connectivity index (χ3v) is 2.83. The monoisotopic (exact) mass is 281 g/mol. The topological polar surface area (TPSA) is 116 Å². The fraction of sp³-hybridized carbons (Fsp3) is 0.143. The highest BCUT2D eigenvalue weighted by atomic mass is 16.5. The molecule has 1 heterocycles. The molecule has 0 aromatic heterocycles. The molecule has 1 amide bonds. The van der Waals surface area contributed by atoms with Gasteiger partial charge in [-0.3, -0.25) is 4.79 Å². The highest BCUT2D eigenvalue weighted by molar-refractivity contribution is 6.06.